The van der Waals surface area contributed by atoms with Crippen LogP contribution in [0.5, 0.6) is 0 Å². The summed E-state index contributed by atoms with van der Waals surface area (Å²) in [6.07, 6.45) is 1.89. The third-order valence-corrected chi connectivity index (χ3v) is 3.15. The molecule has 1 aromatic heterocycles. The van der Waals surface area contributed by atoms with Crippen molar-refractivity contribution < 1.29 is 0 Å². The first-order valence-corrected chi connectivity index (χ1v) is 6.42. The maximum Gasteiger partial charge on any atom is 0.136 e. The summed E-state index contributed by atoms with van der Waals surface area (Å²) in [6, 6.07) is 10.5. The summed E-state index contributed by atoms with van der Waals surface area (Å²) >= 11 is 0. The van der Waals surface area contributed by atoms with E-state index in [0.717, 1.165) is 18.9 Å². The van der Waals surface area contributed by atoms with Crippen LogP contribution in [0.15, 0.2) is 36.5 Å². The lowest BCUT2D eigenvalue weighted by Gasteiger charge is -2.23. The van der Waals surface area contributed by atoms with Gasteiger partial charge in [-0.1, -0.05) is 31.2 Å². The van der Waals surface area contributed by atoms with E-state index in [1.807, 2.05) is 13.2 Å². The Morgan fingerprint density at radius 3 is 2.83 bits per heavy atom. The second-order valence-electron chi connectivity index (χ2n) is 4.90. The molecular formula is C15H21N3. The number of benzene rings is 1. The third kappa shape index (κ3) is 2.79. The third-order valence-electron chi connectivity index (χ3n) is 3.15. The molecule has 0 spiro atoms. The molecule has 1 aromatic carbocycles. The zero-order chi connectivity index (χ0) is 13.0. The van der Waals surface area contributed by atoms with Crippen molar-refractivity contribution in [1.29, 1.82) is 0 Å². The number of hydrogen-bond acceptors (Lipinski definition) is 3. The van der Waals surface area contributed by atoms with Crippen molar-refractivity contribution in [2.45, 2.75) is 6.92 Å². The minimum Gasteiger partial charge on any atom is -0.359 e. The Labute approximate surface area is 109 Å². The van der Waals surface area contributed by atoms with E-state index >= 15 is 0 Å². The van der Waals surface area contributed by atoms with Crippen LogP contribution in [0.3, 0.4) is 0 Å². The maximum atomic E-state index is 4.53. The van der Waals surface area contributed by atoms with E-state index in [2.05, 4.69) is 59.5 Å². The van der Waals surface area contributed by atoms with Gasteiger partial charge in [0, 0.05) is 25.2 Å². The van der Waals surface area contributed by atoms with Gasteiger partial charge in [-0.25, -0.2) is 4.98 Å². The molecule has 1 heterocycles. The molecule has 1 N–H and O–H groups in total. The van der Waals surface area contributed by atoms with Crippen LogP contribution in [0.4, 0.5) is 5.82 Å². The number of aromatic nitrogens is 1. The lowest BCUT2D eigenvalue weighted by atomic mass is 10.1. The highest BCUT2D eigenvalue weighted by atomic mass is 15.2. The molecule has 96 valence electrons. The monoisotopic (exact) mass is 243 g/mol. The van der Waals surface area contributed by atoms with Gasteiger partial charge in [0.05, 0.1) is 0 Å². The topological polar surface area (TPSA) is 28.2 Å². The van der Waals surface area contributed by atoms with Crippen molar-refractivity contribution in [2.75, 3.05) is 32.1 Å². The highest BCUT2D eigenvalue weighted by Crippen LogP contribution is 2.23. The van der Waals surface area contributed by atoms with Crippen LogP contribution >= 0.6 is 0 Å². The summed E-state index contributed by atoms with van der Waals surface area (Å²) in [7, 11) is 4.10. The van der Waals surface area contributed by atoms with Crippen molar-refractivity contribution >= 4 is 16.6 Å². The molecule has 18 heavy (non-hydrogen) atoms. The van der Waals surface area contributed by atoms with Gasteiger partial charge < -0.3 is 10.2 Å². The molecule has 1 unspecified atom stereocenters. The van der Waals surface area contributed by atoms with E-state index in [-0.39, 0.29) is 0 Å². The fourth-order valence-corrected chi connectivity index (χ4v) is 2.37. The van der Waals surface area contributed by atoms with Gasteiger partial charge in [-0.05, 0) is 31.0 Å². The zero-order valence-electron chi connectivity index (χ0n) is 11.4. The first-order valence-electron chi connectivity index (χ1n) is 6.42. The number of rotatable bonds is 5. The SMILES string of the molecule is CNCC(C)CN(C)c1nccc2ccccc12. The number of anilines is 1. The van der Waals surface area contributed by atoms with Crippen molar-refractivity contribution in [1.82, 2.24) is 10.3 Å². The lowest BCUT2D eigenvalue weighted by Crippen LogP contribution is -2.30. The van der Waals surface area contributed by atoms with Gasteiger partial charge in [-0.15, -0.1) is 0 Å². The van der Waals surface area contributed by atoms with Crippen LogP contribution in [0.1, 0.15) is 6.92 Å². The Morgan fingerprint density at radius 1 is 1.28 bits per heavy atom. The zero-order valence-corrected chi connectivity index (χ0v) is 11.4. The highest BCUT2D eigenvalue weighted by Gasteiger charge is 2.10. The predicted octanol–water partition coefficient (Wildman–Crippen LogP) is 2.53. The minimum atomic E-state index is 0.598. The van der Waals surface area contributed by atoms with E-state index in [9.17, 15) is 0 Å². The van der Waals surface area contributed by atoms with E-state index in [0.29, 0.717) is 5.92 Å². The van der Waals surface area contributed by atoms with Crippen molar-refractivity contribution in [2.24, 2.45) is 5.92 Å². The fraction of sp³-hybridized carbons (Fsp3) is 0.400. The average molecular weight is 243 g/mol. The second-order valence-corrected chi connectivity index (χ2v) is 4.90. The van der Waals surface area contributed by atoms with Crippen LogP contribution in [0, 0.1) is 5.92 Å². The molecule has 0 fully saturated rings. The van der Waals surface area contributed by atoms with Gasteiger partial charge in [0.1, 0.15) is 5.82 Å². The summed E-state index contributed by atoms with van der Waals surface area (Å²) in [6.45, 7) is 4.27. The Kier molecular flexibility index (Phi) is 4.15. The lowest BCUT2D eigenvalue weighted by molar-refractivity contribution is 0.541. The molecule has 0 saturated carbocycles. The Balaban J connectivity index is 2.24. The Hall–Kier alpha value is -1.61. The van der Waals surface area contributed by atoms with E-state index in [4.69, 9.17) is 0 Å². The van der Waals surface area contributed by atoms with Crippen LogP contribution in [-0.4, -0.2) is 32.2 Å². The molecule has 0 aliphatic carbocycles. The van der Waals surface area contributed by atoms with Crippen LogP contribution in [0.2, 0.25) is 0 Å². The average Bonchev–Trinajstić information content (AvgIpc) is 2.38. The normalized spacial score (nSPS) is 12.6. The molecule has 0 amide bonds. The molecule has 0 radical (unpaired) electrons. The number of pyridine rings is 1. The van der Waals surface area contributed by atoms with Crippen LogP contribution in [-0.2, 0) is 0 Å². The molecule has 0 saturated heterocycles. The molecule has 2 aromatic rings. The number of hydrogen-bond donors (Lipinski definition) is 1. The van der Waals surface area contributed by atoms with Crippen molar-refractivity contribution in [3.05, 3.63) is 36.5 Å². The smallest absolute Gasteiger partial charge is 0.136 e. The molecule has 0 aliphatic rings. The van der Waals surface area contributed by atoms with Gasteiger partial charge in [-0.2, -0.15) is 0 Å². The van der Waals surface area contributed by atoms with Crippen molar-refractivity contribution in [3.63, 3.8) is 0 Å². The van der Waals surface area contributed by atoms with Gasteiger partial charge in [0.2, 0.25) is 0 Å². The molecular weight excluding hydrogens is 222 g/mol. The fourth-order valence-electron chi connectivity index (χ4n) is 2.37. The van der Waals surface area contributed by atoms with E-state index < -0.39 is 0 Å². The quantitative estimate of drug-likeness (QED) is 0.874. The number of nitrogens with zero attached hydrogens (tertiary/aromatic N) is 2. The van der Waals surface area contributed by atoms with E-state index in [1.54, 1.807) is 0 Å². The highest BCUT2D eigenvalue weighted by molar-refractivity contribution is 5.91. The van der Waals surface area contributed by atoms with E-state index in [1.165, 1.54) is 10.8 Å². The van der Waals surface area contributed by atoms with Gasteiger partial charge in [-0.3, -0.25) is 0 Å². The summed E-state index contributed by atoms with van der Waals surface area (Å²) in [4.78, 5) is 6.77. The molecule has 0 bridgehead atoms. The molecule has 1 atom stereocenters. The van der Waals surface area contributed by atoms with Crippen LogP contribution < -0.4 is 10.2 Å². The summed E-state index contributed by atoms with van der Waals surface area (Å²) in [5, 5.41) is 5.68. The summed E-state index contributed by atoms with van der Waals surface area (Å²) < 4.78 is 0. The number of nitrogens with one attached hydrogen (secondary N) is 1. The first-order chi connectivity index (χ1) is 8.72. The minimum absolute atomic E-state index is 0.598. The largest absolute Gasteiger partial charge is 0.359 e. The van der Waals surface area contributed by atoms with Gasteiger partial charge in [0.15, 0.2) is 0 Å². The maximum absolute atomic E-state index is 4.53. The summed E-state index contributed by atoms with van der Waals surface area (Å²) in [5.41, 5.74) is 0. The van der Waals surface area contributed by atoms with Crippen LogP contribution in [0.25, 0.3) is 10.8 Å². The molecule has 3 heteroatoms. The number of fused-ring (bicyclic) bond motifs is 1. The Morgan fingerprint density at radius 2 is 2.06 bits per heavy atom. The standard InChI is InChI=1S/C15H21N3/c1-12(10-16-2)11-18(3)15-14-7-5-4-6-13(14)8-9-17-15/h4-9,12,16H,10-11H2,1-3H3. The molecule has 0 aliphatic heterocycles. The predicted molar refractivity (Wildman–Crippen MR) is 78.1 cm³/mol. The van der Waals surface area contributed by atoms with Gasteiger partial charge in [0.25, 0.3) is 0 Å². The van der Waals surface area contributed by atoms with Crippen molar-refractivity contribution in [3.8, 4) is 0 Å². The Bertz CT molecular complexity index is 505. The molecule has 2 rings (SSSR count). The molecule has 3 nitrogen and oxygen atoms in total. The second kappa shape index (κ2) is 5.83. The first kappa shape index (κ1) is 12.8. The summed E-state index contributed by atoms with van der Waals surface area (Å²) in [5.74, 6) is 1.66. The van der Waals surface area contributed by atoms with Gasteiger partial charge >= 0.3 is 0 Å².